The maximum atomic E-state index is 12.4. The van der Waals surface area contributed by atoms with Crippen LogP contribution in [0.15, 0.2) is 77.9 Å². The Bertz CT molecular complexity index is 1090. The molecule has 0 spiro atoms. The van der Waals surface area contributed by atoms with Gasteiger partial charge in [-0.1, -0.05) is 23.7 Å². The van der Waals surface area contributed by atoms with Crippen molar-refractivity contribution in [3.63, 3.8) is 0 Å². The third-order valence-electron chi connectivity index (χ3n) is 4.40. The van der Waals surface area contributed by atoms with Gasteiger partial charge >= 0.3 is 0 Å². The van der Waals surface area contributed by atoms with Crippen LogP contribution in [0.2, 0.25) is 5.02 Å². The fourth-order valence-electron chi connectivity index (χ4n) is 2.76. The second-order valence-corrected chi connectivity index (χ2v) is 7.07. The number of hydrogen-bond donors (Lipinski definition) is 2. The van der Waals surface area contributed by atoms with E-state index in [2.05, 4.69) is 15.8 Å². The molecule has 31 heavy (non-hydrogen) atoms. The Morgan fingerprint density at radius 1 is 0.903 bits per heavy atom. The molecule has 7 heteroatoms. The minimum absolute atomic E-state index is 0.243. The smallest absolute Gasteiger partial charge is 0.271 e. The van der Waals surface area contributed by atoms with Gasteiger partial charge in [0.2, 0.25) is 0 Å². The van der Waals surface area contributed by atoms with Crippen molar-refractivity contribution in [2.24, 2.45) is 5.10 Å². The molecular weight excluding hydrogens is 414 g/mol. The third kappa shape index (κ3) is 6.17. The lowest BCUT2D eigenvalue weighted by atomic mass is 10.1. The number of ether oxygens (including phenoxy) is 1. The zero-order chi connectivity index (χ0) is 22.2. The molecule has 158 valence electrons. The highest BCUT2D eigenvalue weighted by Crippen LogP contribution is 2.15. The van der Waals surface area contributed by atoms with Crippen LogP contribution in [0, 0.1) is 0 Å². The first-order chi connectivity index (χ1) is 15.0. The number of hydrazone groups is 1. The number of hydrogen-bond acceptors (Lipinski definition) is 4. The molecule has 0 aliphatic heterocycles. The number of carbonyl (C=O) groups is 2. The van der Waals surface area contributed by atoms with Gasteiger partial charge in [0, 0.05) is 21.8 Å². The van der Waals surface area contributed by atoms with Gasteiger partial charge in [0.15, 0.2) is 0 Å². The number of anilines is 1. The van der Waals surface area contributed by atoms with Crippen molar-refractivity contribution >= 4 is 34.8 Å². The van der Waals surface area contributed by atoms with Gasteiger partial charge in [-0.2, -0.15) is 5.10 Å². The number of amides is 2. The lowest BCUT2D eigenvalue weighted by molar-refractivity contribution is 0.0954. The average molecular weight is 436 g/mol. The van der Waals surface area contributed by atoms with Crippen LogP contribution in [0.5, 0.6) is 5.75 Å². The van der Waals surface area contributed by atoms with E-state index in [1.165, 1.54) is 0 Å². The van der Waals surface area contributed by atoms with Gasteiger partial charge in [0.25, 0.3) is 11.8 Å². The van der Waals surface area contributed by atoms with E-state index < -0.39 is 0 Å². The number of nitrogens with zero attached hydrogens (tertiary/aromatic N) is 1. The zero-order valence-electron chi connectivity index (χ0n) is 17.2. The summed E-state index contributed by atoms with van der Waals surface area (Å²) in [5.74, 6) is 0.137. The molecule has 3 rings (SSSR count). The van der Waals surface area contributed by atoms with Gasteiger partial charge < -0.3 is 10.1 Å². The highest BCUT2D eigenvalue weighted by atomic mass is 35.5. The predicted octanol–water partition coefficient (Wildman–Crippen LogP) is 5.15. The standard InChI is InChI=1S/C24H22ClN3O3/c1-3-31-22-13-9-18(10-14-22)24(30)28-27-16(2)19-5-4-6-21(15-19)26-23(29)17-7-11-20(25)12-8-17/h4-15H,3H2,1-2H3,(H,26,29)(H,28,30)/b27-16-. The Kier molecular flexibility index (Phi) is 7.40. The van der Waals surface area contributed by atoms with Gasteiger partial charge in [-0.05, 0) is 80.1 Å². The summed E-state index contributed by atoms with van der Waals surface area (Å²) in [6.07, 6.45) is 0. The van der Waals surface area contributed by atoms with Crippen LogP contribution in [0.1, 0.15) is 40.1 Å². The Labute approximate surface area is 185 Å². The molecule has 0 fully saturated rings. The van der Waals surface area contributed by atoms with E-state index in [-0.39, 0.29) is 11.8 Å². The minimum Gasteiger partial charge on any atom is -0.494 e. The Morgan fingerprint density at radius 2 is 1.55 bits per heavy atom. The first-order valence-electron chi connectivity index (χ1n) is 9.71. The highest BCUT2D eigenvalue weighted by Gasteiger charge is 2.08. The van der Waals surface area contributed by atoms with Gasteiger partial charge in [-0.3, -0.25) is 9.59 Å². The average Bonchev–Trinajstić information content (AvgIpc) is 2.78. The molecule has 0 unspecified atom stereocenters. The predicted molar refractivity (Wildman–Crippen MR) is 123 cm³/mol. The highest BCUT2D eigenvalue weighted by molar-refractivity contribution is 6.30. The molecule has 6 nitrogen and oxygen atoms in total. The number of benzene rings is 3. The van der Waals surface area contributed by atoms with Crippen LogP contribution >= 0.6 is 11.6 Å². The van der Waals surface area contributed by atoms with E-state index in [9.17, 15) is 9.59 Å². The lowest BCUT2D eigenvalue weighted by Crippen LogP contribution is -2.19. The topological polar surface area (TPSA) is 79.8 Å². The van der Waals surface area contributed by atoms with Crippen molar-refractivity contribution in [3.05, 3.63) is 94.5 Å². The molecule has 3 aromatic carbocycles. The van der Waals surface area contributed by atoms with Crippen molar-refractivity contribution in [2.75, 3.05) is 11.9 Å². The second kappa shape index (κ2) is 10.4. The quantitative estimate of drug-likeness (QED) is 0.398. The van der Waals surface area contributed by atoms with Crippen molar-refractivity contribution in [3.8, 4) is 5.75 Å². The number of halogens is 1. The summed E-state index contributed by atoms with van der Waals surface area (Å²) in [5.41, 5.74) is 5.51. The second-order valence-electron chi connectivity index (χ2n) is 6.64. The van der Waals surface area contributed by atoms with Gasteiger partial charge in [-0.25, -0.2) is 5.43 Å². The van der Waals surface area contributed by atoms with Gasteiger partial charge in [-0.15, -0.1) is 0 Å². The normalized spacial score (nSPS) is 11.0. The van der Waals surface area contributed by atoms with Gasteiger partial charge in [0.05, 0.1) is 12.3 Å². The summed E-state index contributed by atoms with van der Waals surface area (Å²) < 4.78 is 5.37. The summed E-state index contributed by atoms with van der Waals surface area (Å²) in [6, 6.07) is 20.7. The number of carbonyl (C=O) groups excluding carboxylic acids is 2. The molecule has 0 aromatic heterocycles. The first kappa shape index (κ1) is 22.1. The van der Waals surface area contributed by atoms with E-state index in [1.807, 2.05) is 13.0 Å². The lowest BCUT2D eigenvalue weighted by Gasteiger charge is -2.08. The van der Waals surface area contributed by atoms with E-state index in [4.69, 9.17) is 16.3 Å². The molecule has 0 atom stereocenters. The van der Waals surface area contributed by atoms with E-state index in [1.54, 1.807) is 73.7 Å². The molecule has 0 bridgehead atoms. The van der Waals surface area contributed by atoms with Crippen LogP contribution in [0.25, 0.3) is 0 Å². The molecule has 0 heterocycles. The Hall–Kier alpha value is -3.64. The summed E-state index contributed by atoms with van der Waals surface area (Å²) in [7, 11) is 0. The summed E-state index contributed by atoms with van der Waals surface area (Å²) in [4.78, 5) is 24.7. The summed E-state index contributed by atoms with van der Waals surface area (Å²) >= 11 is 5.86. The molecular formula is C24H22ClN3O3. The molecule has 0 saturated heterocycles. The van der Waals surface area contributed by atoms with Crippen molar-refractivity contribution in [1.82, 2.24) is 5.43 Å². The summed E-state index contributed by atoms with van der Waals surface area (Å²) in [6.45, 7) is 4.24. The van der Waals surface area contributed by atoms with Crippen LogP contribution < -0.4 is 15.5 Å². The van der Waals surface area contributed by atoms with Crippen LogP contribution in [0.3, 0.4) is 0 Å². The SMILES string of the molecule is CCOc1ccc(C(=O)N/N=C(/C)c2cccc(NC(=O)c3ccc(Cl)cc3)c2)cc1. The Morgan fingerprint density at radius 3 is 2.23 bits per heavy atom. The zero-order valence-corrected chi connectivity index (χ0v) is 17.9. The van der Waals surface area contributed by atoms with Crippen molar-refractivity contribution < 1.29 is 14.3 Å². The maximum Gasteiger partial charge on any atom is 0.271 e. The number of rotatable bonds is 7. The van der Waals surface area contributed by atoms with Crippen LogP contribution in [0.4, 0.5) is 5.69 Å². The molecule has 0 saturated carbocycles. The fraction of sp³-hybridized carbons (Fsp3) is 0.125. The molecule has 2 amide bonds. The van der Waals surface area contributed by atoms with Crippen LogP contribution in [-0.4, -0.2) is 24.1 Å². The van der Waals surface area contributed by atoms with Crippen molar-refractivity contribution in [1.29, 1.82) is 0 Å². The van der Waals surface area contributed by atoms with E-state index in [0.29, 0.717) is 39.9 Å². The number of nitrogens with one attached hydrogen (secondary N) is 2. The van der Waals surface area contributed by atoms with Gasteiger partial charge in [0.1, 0.15) is 5.75 Å². The van der Waals surface area contributed by atoms with Crippen LogP contribution in [-0.2, 0) is 0 Å². The third-order valence-corrected chi connectivity index (χ3v) is 4.65. The van der Waals surface area contributed by atoms with Crippen molar-refractivity contribution in [2.45, 2.75) is 13.8 Å². The van der Waals surface area contributed by atoms with E-state index in [0.717, 1.165) is 5.56 Å². The molecule has 0 radical (unpaired) electrons. The monoisotopic (exact) mass is 435 g/mol. The maximum absolute atomic E-state index is 12.4. The first-order valence-corrected chi connectivity index (χ1v) is 10.1. The minimum atomic E-state index is -0.324. The molecule has 2 N–H and O–H groups in total. The molecule has 0 aliphatic carbocycles. The summed E-state index contributed by atoms with van der Waals surface area (Å²) in [5, 5.41) is 7.59. The molecule has 3 aromatic rings. The Balaban J connectivity index is 1.65. The fourth-order valence-corrected chi connectivity index (χ4v) is 2.89. The molecule has 0 aliphatic rings. The largest absolute Gasteiger partial charge is 0.494 e. The van der Waals surface area contributed by atoms with E-state index >= 15 is 0 Å².